The summed E-state index contributed by atoms with van der Waals surface area (Å²) in [6, 6.07) is 5.98. The molecule has 0 saturated heterocycles. The first-order chi connectivity index (χ1) is 8.08. The first-order valence-electron chi connectivity index (χ1n) is 5.12. The second-order valence-electron chi connectivity index (χ2n) is 3.86. The lowest BCUT2D eigenvalue weighted by atomic mass is 10.0. The highest BCUT2D eigenvalue weighted by atomic mass is 35.5. The van der Waals surface area contributed by atoms with Gasteiger partial charge in [0.15, 0.2) is 0 Å². The van der Waals surface area contributed by atoms with Crippen LogP contribution in [0.25, 0.3) is 0 Å². The fraction of sp³-hybridized carbons (Fsp3) is 0.154. The van der Waals surface area contributed by atoms with Crippen LogP contribution in [0.4, 0.5) is 4.39 Å². The van der Waals surface area contributed by atoms with Gasteiger partial charge in [-0.2, -0.15) is 0 Å². The molecule has 1 aromatic carbocycles. The van der Waals surface area contributed by atoms with Crippen molar-refractivity contribution in [3.63, 3.8) is 0 Å². The van der Waals surface area contributed by atoms with Crippen LogP contribution in [-0.4, -0.2) is 10.1 Å². The average molecular weight is 252 g/mol. The number of nitrogens with zero attached hydrogens (tertiary/aromatic N) is 1. The molecule has 0 radical (unpaired) electrons. The maximum absolute atomic E-state index is 13.6. The lowest BCUT2D eigenvalue weighted by Crippen LogP contribution is -2.03. The van der Waals surface area contributed by atoms with Gasteiger partial charge in [-0.05, 0) is 24.6 Å². The van der Waals surface area contributed by atoms with Gasteiger partial charge in [-0.25, -0.2) is 4.39 Å². The molecule has 17 heavy (non-hydrogen) atoms. The average Bonchev–Trinajstić information content (AvgIpc) is 2.28. The number of rotatable bonds is 2. The zero-order valence-electron chi connectivity index (χ0n) is 9.19. The molecule has 0 aliphatic heterocycles. The molecule has 88 valence electrons. The van der Waals surface area contributed by atoms with Gasteiger partial charge in [0, 0.05) is 28.5 Å². The molecular weight excluding hydrogens is 241 g/mol. The van der Waals surface area contributed by atoms with Crippen LogP contribution in [0.1, 0.15) is 22.8 Å². The third kappa shape index (κ3) is 2.62. The Balaban J connectivity index is 2.40. The lowest BCUT2D eigenvalue weighted by Gasteiger charge is -2.12. The Bertz CT molecular complexity index is 545. The van der Waals surface area contributed by atoms with Crippen LogP contribution in [0.3, 0.4) is 0 Å². The molecule has 1 aromatic heterocycles. The Hall–Kier alpha value is -1.45. The number of hydrogen-bond donors (Lipinski definition) is 1. The van der Waals surface area contributed by atoms with Crippen molar-refractivity contribution in [3.8, 4) is 0 Å². The van der Waals surface area contributed by atoms with E-state index in [0.29, 0.717) is 10.6 Å². The van der Waals surface area contributed by atoms with Crippen molar-refractivity contribution >= 4 is 11.6 Å². The highest BCUT2D eigenvalue weighted by Gasteiger charge is 2.15. The standard InChI is InChI=1S/C13H11ClFNO/c1-8-4-9(7-16-6-8)13(17)11-3-2-10(14)5-12(11)15/h2-7,13,17H,1H3. The van der Waals surface area contributed by atoms with Crippen LogP contribution < -0.4 is 0 Å². The summed E-state index contributed by atoms with van der Waals surface area (Å²) >= 11 is 5.66. The Labute approximate surface area is 104 Å². The van der Waals surface area contributed by atoms with Crippen molar-refractivity contribution in [2.75, 3.05) is 0 Å². The van der Waals surface area contributed by atoms with E-state index in [2.05, 4.69) is 4.98 Å². The van der Waals surface area contributed by atoms with Gasteiger partial charge >= 0.3 is 0 Å². The SMILES string of the molecule is Cc1cncc(C(O)c2ccc(Cl)cc2F)c1. The molecule has 1 N–H and O–H groups in total. The molecule has 1 heterocycles. The minimum Gasteiger partial charge on any atom is -0.383 e. The summed E-state index contributed by atoms with van der Waals surface area (Å²) < 4.78 is 13.6. The number of aromatic nitrogens is 1. The van der Waals surface area contributed by atoms with Crippen molar-refractivity contribution in [1.29, 1.82) is 0 Å². The second-order valence-corrected chi connectivity index (χ2v) is 4.30. The summed E-state index contributed by atoms with van der Waals surface area (Å²) in [5.74, 6) is -0.522. The highest BCUT2D eigenvalue weighted by molar-refractivity contribution is 6.30. The smallest absolute Gasteiger partial charge is 0.130 e. The molecular formula is C13H11ClFNO. The van der Waals surface area contributed by atoms with Gasteiger partial charge in [0.2, 0.25) is 0 Å². The third-order valence-electron chi connectivity index (χ3n) is 2.47. The maximum atomic E-state index is 13.6. The molecule has 2 aromatic rings. The monoisotopic (exact) mass is 251 g/mol. The molecule has 4 heteroatoms. The number of hydrogen-bond acceptors (Lipinski definition) is 2. The zero-order valence-corrected chi connectivity index (χ0v) is 9.95. The zero-order chi connectivity index (χ0) is 12.4. The van der Waals surface area contributed by atoms with Crippen LogP contribution in [0, 0.1) is 12.7 Å². The number of aliphatic hydroxyl groups excluding tert-OH is 1. The molecule has 0 fully saturated rings. The lowest BCUT2D eigenvalue weighted by molar-refractivity contribution is 0.214. The Kier molecular flexibility index (Phi) is 3.41. The number of aryl methyl sites for hydroxylation is 1. The second kappa shape index (κ2) is 4.82. The van der Waals surface area contributed by atoms with E-state index in [4.69, 9.17) is 11.6 Å². The minimum atomic E-state index is -1.03. The summed E-state index contributed by atoms with van der Waals surface area (Å²) in [6.07, 6.45) is 2.17. The van der Waals surface area contributed by atoms with E-state index in [0.717, 1.165) is 5.56 Å². The van der Waals surface area contributed by atoms with E-state index in [9.17, 15) is 9.50 Å². The number of aliphatic hydroxyl groups is 1. The van der Waals surface area contributed by atoms with Crippen molar-refractivity contribution in [3.05, 3.63) is 64.2 Å². The van der Waals surface area contributed by atoms with Gasteiger partial charge in [-0.15, -0.1) is 0 Å². The summed E-state index contributed by atoms with van der Waals surface area (Å²) in [5, 5.41) is 10.4. The Morgan fingerprint density at radius 1 is 1.29 bits per heavy atom. The van der Waals surface area contributed by atoms with Gasteiger partial charge in [0.1, 0.15) is 11.9 Å². The molecule has 0 aliphatic carbocycles. The van der Waals surface area contributed by atoms with Gasteiger partial charge in [-0.3, -0.25) is 4.98 Å². The van der Waals surface area contributed by atoms with Crippen LogP contribution in [0.5, 0.6) is 0 Å². The first-order valence-corrected chi connectivity index (χ1v) is 5.50. The number of pyridine rings is 1. The van der Waals surface area contributed by atoms with Crippen molar-refractivity contribution in [2.24, 2.45) is 0 Å². The third-order valence-corrected chi connectivity index (χ3v) is 2.70. The number of benzene rings is 1. The largest absolute Gasteiger partial charge is 0.383 e. The molecule has 0 spiro atoms. The van der Waals surface area contributed by atoms with E-state index in [-0.39, 0.29) is 5.56 Å². The minimum absolute atomic E-state index is 0.196. The molecule has 0 aliphatic rings. The number of halogens is 2. The van der Waals surface area contributed by atoms with Gasteiger partial charge in [-0.1, -0.05) is 23.7 Å². The van der Waals surface area contributed by atoms with E-state index < -0.39 is 11.9 Å². The van der Waals surface area contributed by atoms with Crippen molar-refractivity contribution in [1.82, 2.24) is 4.98 Å². The van der Waals surface area contributed by atoms with E-state index in [1.807, 2.05) is 6.92 Å². The van der Waals surface area contributed by atoms with E-state index in [1.165, 1.54) is 18.3 Å². The quantitative estimate of drug-likeness (QED) is 0.889. The van der Waals surface area contributed by atoms with E-state index in [1.54, 1.807) is 18.3 Å². The summed E-state index contributed by atoms with van der Waals surface area (Å²) in [7, 11) is 0. The molecule has 0 saturated carbocycles. The van der Waals surface area contributed by atoms with Crippen molar-refractivity contribution < 1.29 is 9.50 Å². The molecule has 0 bridgehead atoms. The summed E-state index contributed by atoms with van der Waals surface area (Å²) in [5.41, 5.74) is 1.67. The normalized spacial score (nSPS) is 12.5. The van der Waals surface area contributed by atoms with Gasteiger partial charge < -0.3 is 5.11 Å². The highest BCUT2D eigenvalue weighted by Crippen LogP contribution is 2.26. The fourth-order valence-electron chi connectivity index (χ4n) is 1.63. The molecule has 2 rings (SSSR count). The predicted molar refractivity (Wildman–Crippen MR) is 64.4 cm³/mol. The Morgan fingerprint density at radius 3 is 2.71 bits per heavy atom. The molecule has 2 nitrogen and oxygen atoms in total. The summed E-state index contributed by atoms with van der Waals surface area (Å²) in [4.78, 5) is 3.97. The van der Waals surface area contributed by atoms with Gasteiger partial charge in [0.05, 0.1) is 0 Å². The fourth-order valence-corrected chi connectivity index (χ4v) is 1.79. The van der Waals surface area contributed by atoms with Crippen molar-refractivity contribution in [2.45, 2.75) is 13.0 Å². The van der Waals surface area contributed by atoms with E-state index >= 15 is 0 Å². The van der Waals surface area contributed by atoms with Crippen LogP contribution in [0.2, 0.25) is 5.02 Å². The van der Waals surface area contributed by atoms with Crippen LogP contribution in [0.15, 0.2) is 36.7 Å². The molecule has 0 amide bonds. The summed E-state index contributed by atoms with van der Waals surface area (Å²) in [6.45, 7) is 1.86. The van der Waals surface area contributed by atoms with Crippen LogP contribution >= 0.6 is 11.6 Å². The first kappa shape index (κ1) is 12.0. The molecule has 1 unspecified atom stereocenters. The molecule has 1 atom stereocenters. The van der Waals surface area contributed by atoms with Crippen LogP contribution in [-0.2, 0) is 0 Å². The predicted octanol–water partition coefficient (Wildman–Crippen LogP) is 3.26. The van der Waals surface area contributed by atoms with Gasteiger partial charge in [0.25, 0.3) is 0 Å². The Morgan fingerprint density at radius 2 is 2.06 bits per heavy atom. The topological polar surface area (TPSA) is 33.1 Å². The maximum Gasteiger partial charge on any atom is 0.130 e.